The van der Waals surface area contributed by atoms with Crippen LogP contribution in [0.4, 0.5) is 0 Å². The fourth-order valence-electron chi connectivity index (χ4n) is 2.74. The van der Waals surface area contributed by atoms with Gasteiger partial charge in [-0.1, -0.05) is 11.3 Å². The molecule has 1 aliphatic rings. The molecule has 0 saturated heterocycles. The Kier molecular flexibility index (Phi) is 5.77. The number of likely N-dealkylation sites (N-methyl/N-ethyl adjacent to an activating group) is 1. The van der Waals surface area contributed by atoms with Gasteiger partial charge in [-0.05, 0) is 32.0 Å². The number of rotatable bonds is 7. The van der Waals surface area contributed by atoms with Gasteiger partial charge in [0.25, 0.3) is 0 Å². The minimum Gasteiger partial charge on any atom is -0.374 e. The number of nitrogens with zero attached hydrogens (tertiary/aromatic N) is 5. The molecule has 0 aliphatic carbocycles. The van der Waals surface area contributed by atoms with Crippen molar-refractivity contribution in [1.29, 1.82) is 0 Å². The van der Waals surface area contributed by atoms with E-state index in [1.807, 2.05) is 11.3 Å². The van der Waals surface area contributed by atoms with Gasteiger partial charge in [-0.3, -0.25) is 4.90 Å². The molecule has 23 heavy (non-hydrogen) atoms. The van der Waals surface area contributed by atoms with Gasteiger partial charge in [0.15, 0.2) is 0 Å². The lowest BCUT2D eigenvalue weighted by Gasteiger charge is -2.19. The maximum atomic E-state index is 5.76. The quantitative estimate of drug-likeness (QED) is 0.723. The Bertz CT molecular complexity index is 596. The van der Waals surface area contributed by atoms with E-state index in [2.05, 4.69) is 56.4 Å². The van der Waals surface area contributed by atoms with Gasteiger partial charge < -0.3 is 9.64 Å². The van der Waals surface area contributed by atoms with Crippen molar-refractivity contribution in [3.8, 4) is 0 Å². The van der Waals surface area contributed by atoms with Crippen LogP contribution in [0.1, 0.15) is 22.7 Å². The smallest absolute Gasteiger partial charge is 0.113 e. The van der Waals surface area contributed by atoms with E-state index in [-0.39, 0.29) is 0 Å². The first-order chi connectivity index (χ1) is 11.2. The highest BCUT2D eigenvalue weighted by Gasteiger charge is 2.20. The average Bonchev–Trinajstić information content (AvgIpc) is 3.10. The molecular weight excluding hydrogens is 310 g/mol. The van der Waals surface area contributed by atoms with Crippen LogP contribution in [0.2, 0.25) is 0 Å². The lowest BCUT2D eigenvalue weighted by Crippen LogP contribution is -2.23. The first-order valence-electron chi connectivity index (χ1n) is 8.11. The number of aromatic nitrogens is 3. The topological polar surface area (TPSA) is 46.4 Å². The molecule has 126 valence electrons. The molecule has 0 N–H and O–H groups in total. The third kappa shape index (κ3) is 4.60. The molecule has 0 spiro atoms. The van der Waals surface area contributed by atoms with Crippen molar-refractivity contribution >= 4 is 11.3 Å². The second-order valence-electron chi connectivity index (χ2n) is 6.21. The second kappa shape index (κ2) is 8.01. The van der Waals surface area contributed by atoms with Crippen molar-refractivity contribution in [2.24, 2.45) is 0 Å². The molecule has 3 rings (SSSR count). The van der Waals surface area contributed by atoms with Crippen molar-refractivity contribution in [2.45, 2.75) is 32.7 Å². The minimum absolute atomic E-state index is 0.552. The third-order valence-electron chi connectivity index (χ3n) is 4.02. The summed E-state index contributed by atoms with van der Waals surface area (Å²) in [6, 6.07) is 4.32. The minimum atomic E-state index is 0.552. The van der Waals surface area contributed by atoms with Crippen molar-refractivity contribution in [3.05, 3.63) is 33.8 Å². The normalized spacial score (nSPS) is 15.8. The standard InChI is InChI=1S/C16H25N5OS/c1-19(2)8-9-22-13-15-16-12-20(11-14-5-3-10-23-14)6-4-7-21(16)18-17-15/h3,5,10H,4,6-9,11-13H2,1-2H3. The third-order valence-corrected chi connectivity index (χ3v) is 4.88. The summed E-state index contributed by atoms with van der Waals surface area (Å²) >= 11 is 1.82. The first-order valence-corrected chi connectivity index (χ1v) is 8.99. The van der Waals surface area contributed by atoms with E-state index in [9.17, 15) is 0 Å². The van der Waals surface area contributed by atoms with Gasteiger partial charge in [-0.15, -0.1) is 16.4 Å². The van der Waals surface area contributed by atoms with Crippen LogP contribution in [0, 0.1) is 0 Å². The van der Waals surface area contributed by atoms with Crippen LogP contribution < -0.4 is 0 Å². The predicted molar refractivity (Wildman–Crippen MR) is 91.3 cm³/mol. The molecule has 0 atom stereocenters. The molecule has 0 aromatic carbocycles. The van der Waals surface area contributed by atoms with Gasteiger partial charge in [0.05, 0.1) is 18.9 Å². The fraction of sp³-hybridized carbons (Fsp3) is 0.625. The lowest BCUT2D eigenvalue weighted by molar-refractivity contribution is 0.102. The maximum Gasteiger partial charge on any atom is 0.113 e. The lowest BCUT2D eigenvalue weighted by atomic mass is 10.3. The van der Waals surface area contributed by atoms with Crippen LogP contribution in [-0.4, -0.2) is 58.6 Å². The Hall–Kier alpha value is -1.28. The molecule has 0 saturated carbocycles. The zero-order chi connectivity index (χ0) is 16.1. The van der Waals surface area contributed by atoms with Gasteiger partial charge in [-0.2, -0.15) is 0 Å². The molecule has 0 radical (unpaired) electrons. The summed E-state index contributed by atoms with van der Waals surface area (Å²) in [4.78, 5) is 6.01. The molecule has 0 amide bonds. The largest absolute Gasteiger partial charge is 0.374 e. The van der Waals surface area contributed by atoms with Crippen LogP contribution in [0.3, 0.4) is 0 Å². The van der Waals surface area contributed by atoms with Crippen LogP contribution in [0.5, 0.6) is 0 Å². The van der Waals surface area contributed by atoms with E-state index >= 15 is 0 Å². The monoisotopic (exact) mass is 335 g/mol. The SMILES string of the molecule is CN(C)CCOCc1nnn2c1CN(Cc1cccs1)CCC2. The van der Waals surface area contributed by atoms with E-state index in [4.69, 9.17) is 4.74 Å². The highest BCUT2D eigenvalue weighted by Crippen LogP contribution is 2.19. The number of fused-ring (bicyclic) bond motifs is 1. The number of hydrogen-bond acceptors (Lipinski definition) is 6. The van der Waals surface area contributed by atoms with Gasteiger partial charge in [0, 0.05) is 37.6 Å². The fourth-order valence-corrected chi connectivity index (χ4v) is 3.49. The van der Waals surface area contributed by atoms with E-state index in [0.717, 1.165) is 51.4 Å². The van der Waals surface area contributed by atoms with Crippen molar-refractivity contribution in [2.75, 3.05) is 33.8 Å². The van der Waals surface area contributed by atoms with Gasteiger partial charge >= 0.3 is 0 Å². The van der Waals surface area contributed by atoms with Crippen molar-refractivity contribution < 1.29 is 4.74 Å². The highest BCUT2D eigenvalue weighted by atomic mass is 32.1. The predicted octanol–water partition coefficient (Wildman–Crippen LogP) is 1.82. The van der Waals surface area contributed by atoms with Gasteiger partial charge in [-0.25, -0.2) is 4.68 Å². The van der Waals surface area contributed by atoms with Gasteiger partial charge in [0.1, 0.15) is 5.69 Å². The Morgan fingerprint density at radius 1 is 1.35 bits per heavy atom. The summed E-state index contributed by atoms with van der Waals surface area (Å²) in [5.41, 5.74) is 2.20. The van der Waals surface area contributed by atoms with E-state index < -0.39 is 0 Å². The van der Waals surface area contributed by atoms with Gasteiger partial charge in [0.2, 0.25) is 0 Å². The first kappa shape index (κ1) is 16.6. The molecule has 0 unspecified atom stereocenters. The number of thiophene rings is 1. The maximum absolute atomic E-state index is 5.76. The number of ether oxygens (including phenoxy) is 1. The molecular formula is C16H25N5OS. The van der Waals surface area contributed by atoms with Crippen LogP contribution in [-0.2, 0) is 31.0 Å². The number of aryl methyl sites for hydroxylation is 1. The highest BCUT2D eigenvalue weighted by molar-refractivity contribution is 7.09. The zero-order valence-electron chi connectivity index (χ0n) is 13.9. The van der Waals surface area contributed by atoms with E-state index in [0.29, 0.717) is 6.61 Å². The molecule has 2 aromatic rings. The molecule has 0 fully saturated rings. The molecule has 6 nitrogen and oxygen atoms in total. The Morgan fingerprint density at radius 2 is 2.26 bits per heavy atom. The second-order valence-corrected chi connectivity index (χ2v) is 7.24. The summed E-state index contributed by atoms with van der Waals surface area (Å²) in [5.74, 6) is 0. The van der Waals surface area contributed by atoms with E-state index in [1.54, 1.807) is 0 Å². The summed E-state index contributed by atoms with van der Waals surface area (Å²) in [6.45, 7) is 6.15. The molecule has 2 aromatic heterocycles. The Balaban J connectivity index is 1.61. The summed E-state index contributed by atoms with van der Waals surface area (Å²) in [7, 11) is 4.10. The average molecular weight is 335 g/mol. The number of hydrogen-bond donors (Lipinski definition) is 0. The van der Waals surface area contributed by atoms with Crippen molar-refractivity contribution in [1.82, 2.24) is 24.8 Å². The molecule has 7 heteroatoms. The van der Waals surface area contributed by atoms with Crippen LogP contribution in [0.25, 0.3) is 0 Å². The summed E-state index contributed by atoms with van der Waals surface area (Å²) in [6.07, 6.45) is 1.11. The summed E-state index contributed by atoms with van der Waals surface area (Å²) < 4.78 is 7.82. The Labute approximate surface area is 141 Å². The van der Waals surface area contributed by atoms with Crippen LogP contribution >= 0.6 is 11.3 Å². The summed E-state index contributed by atoms with van der Waals surface area (Å²) in [5, 5.41) is 10.8. The van der Waals surface area contributed by atoms with Crippen molar-refractivity contribution in [3.63, 3.8) is 0 Å². The Morgan fingerprint density at radius 3 is 3.04 bits per heavy atom. The van der Waals surface area contributed by atoms with Crippen LogP contribution in [0.15, 0.2) is 17.5 Å². The van der Waals surface area contributed by atoms with E-state index in [1.165, 1.54) is 10.6 Å². The molecule has 1 aliphatic heterocycles. The molecule has 0 bridgehead atoms. The zero-order valence-corrected chi connectivity index (χ0v) is 14.8. The molecule has 3 heterocycles.